The van der Waals surface area contributed by atoms with Crippen LogP contribution in [0.2, 0.25) is 0 Å². The van der Waals surface area contributed by atoms with Crippen molar-refractivity contribution in [3.63, 3.8) is 0 Å². The highest BCUT2D eigenvalue weighted by Crippen LogP contribution is 2.07. The molecule has 0 aromatic heterocycles. The molecule has 0 aliphatic heterocycles. The summed E-state index contributed by atoms with van der Waals surface area (Å²) in [6.07, 6.45) is 0.0915. The molecule has 5 heteroatoms. The highest BCUT2D eigenvalue weighted by Gasteiger charge is 2.21. The van der Waals surface area contributed by atoms with Gasteiger partial charge in [-0.1, -0.05) is 30.3 Å². The summed E-state index contributed by atoms with van der Waals surface area (Å²) in [4.78, 5) is 23.2. The summed E-state index contributed by atoms with van der Waals surface area (Å²) in [5, 5.41) is 11.7. The number of nitrogens with one attached hydrogen (secondary N) is 1. The molecule has 1 amide bonds. The van der Waals surface area contributed by atoms with Gasteiger partial charge in [0.2, 0.25) is 0 Å². The van der Waals surface area contributed by atoms with Gasteiger partial charge in [0.25, 0.3) is 5.91 Å². The van der Waals surface area contributed by atoms with E-state index in [4.69, 9.17) is 0 Å². The first-order valence-corrected chi connectivity index (χ1v) is 6.39. The van der Waals surface area contributed by atoms with Gasteiger partial charge in [-0.3, -0.25) is 4.79 Å². The number of aliphatic carboxylic acids is 1. The summed E-state index contributed by atoms with van der Waals surface area (Å²) in [5.41, 5.74) is 1.03. The number of carboxylic acids is 1. The average Bonchev–Trinajstić information content (AvgIpc) is 2.49. The van der Waals surface area contributed by atoms with Gasteiger partial charge in [-0.05, 0) is 29.8 Å². The standard InChI is InChI=1S/C16H14FNO3/c17-13-8-6-11(7-9-13)10-14(16(20)21)18-15(19)12-4-2-1-3-5-12/h1-9,14H,10H2,(H,18,19)(H,20,21)/t14-/m1/s1. The van der Waals surface area contributed by atoms with Crippen molar-refractivity contribution in [1.29, 1.82) is 0 Å². The Morgan fingerprint density at radius 2 is 1.67 bits per heavy atom. The Balaban J connectivity index is 2.07. The lowest BCUT2D eigenvalue weighted by molar-refractivity contribution is -0.139. The monoisotopic (exact) mass is 287 g/mol. The number of benzene rings is 2. The highest BCUT2D eigenvalue weighted by atomic mass is 19.1. The van der Waals surface area contributed by atoms with Crippen LogP contribution in [-0.2, 0) is 11.2 Å². The maximum atomic E-state index is 12.8. The Bertz CT molecular complexity index is 626. The first kappa shape index (κ1) is 14.7. The predicted octanol–water partition coefficient (Wildman–Crippen LogP) is 2.25. The van der Waals surface area contributed by atoms with Crippen molar-refractivity contribution in [3.8, 4) is 0 Å². The minimum Gasteiger partial charge on any atom is -0.480 e. The molecule has 108 valence electrons. The third-order valence-corrected chi connectivity index (χ3v) is 2.99. The summed E-state index contributed by atoms with van der Waals surface area (Å²) in [5.74, 6) is -1.98. The lowest BCUT2D eigenvalue weighted by Crippen LogP contribution is -2.42. The summed E-state index contributed by atoms with van der Waals surface area (Å²) in [6, 6.07) is 12.8. The first-order valence-electron chi connectivity index (χ1n) is 6.39. The Kier molecular flexibility index (Phi) is 4.66. The minimum absolute atomic E-state index is 0.0915. The van der Waals surface area contributed by atoms with Crippen LogP contribution < -0.4 is 5.32 Å². The molecule has 4 nitrogen and oxygen atoms in total. The van der Waals surface area contributed by atoms with Crippen molar-refractivity contribution in [3.05, 3.63) is 71.5 Å². The Labute approximate surface area is 121 Å². The number of rotatable bonds is 5. The summed E-state index contributed by atoms with van der Waals surface area (Å²) >= 11 is 0. The van der Waals surface area contributed by atoms with E-state index < -0.39 is 17.9 Å². The fourth-order valence-electron chi connectivity index (χ4n) is 1.89. The molecule has 2 aromatic rings. The fourth-order valence-corrected chi connectivity index (χ4v) is 1.89. The average molecular weight is 287 g/mol. The molecule has 0 fully saturated rings. The Morgan fingerprint density at radius 3 is 2.24 bits per heavy atom. The molecule has 0 radical (unpaired) electrons. The number of halogens is 1. The molecule has 0 aliphatic rings. The predicted molar refractivity (Wildman–Crippen MR) is 75.4 cm³/mol. The van der Waals surface area contributed by atoms with Crippen molar-refractivity contribution in [1.82, 2.24) is 5.32 Å². The quantitative estimate of drug-likeness (QED) is 0.886. The maximum Gasteiger partial charge on any atom is 0.326 e. The lowest BCUT2D eigenvalue weighted by atomic mass is 10.1. The van der Waals surface area contributed by atoms with Gasteiger partial charge in [-0.25, -0.2) is 9.18 Å². The number of carbonyl (C=O) groups is 2. The van der Waals surface area contributed by atoms with E-state index in [1.807, 2.05) is 0 Å². The molecule has 0 saturated carbocycles. The van der Waals surface area contributed by atoms with Crippen LogP contribution in [0.3, 0.4) is 0 Å². The van der Waals surface area contributed by atoms with Crippen LogP contribution in [0.5, 0.6) is 0 Å². The zero-order valence-electron chi connectivity index (χ0n) is 11.1. The van der Waals surface area contributed by atoms with Crippen LogP contribution in [0.4, 0.5) is 4.39 Å². The van der Waals surface area contributed by atoms with Gasteiger partial charge in [0.05, 0.1) is 0 Å². The van der Waals surface area contributed by atoms with Gasteiger partial charge in [0.15, 0.2) is 0 Å². The van der Waals surface area contributed by atoms with Gasteiger partial charge >= 0.3 is 5.97 Å². The lowest BCUT2D eigenvalue weighted by Gasteiger charge is -2.14. The molecule has 0 saturated heterocycles. The van der Waals surface area contributed by atoms with Gasteiger partial charge < -0.3 is 10.4 Å². The topological polar surface area (TPSA) is 66.4 Å². The van der Waals surface area contributed by atoms with Crippen molar-refractivity contribution < 1.29 is 19.1 Å². The van der Waals surface area contributed by atoms with E-state index in [2.05, 4.69) is 5.32 Å². The Morgan fingerprint density at radius 1 is 1.05 bits per heavy atom. The van der Waals surface area contributed by atoms with Crippen LogP contribution in [0.25, 0.3) is 0 Å². The number of hydrogen-bond acceptors (Lipinski definition) is 2. The van der Waals surface area contributed by atoms with Crippen LogP contribution in [0.15, 0.2) is 54.6 Å². The number of carbonyl (C=O) groups excluding carboxylic acids is 1. The van der Waals surface area contributed by atoms with Gasteiger partial charge in [-0.15, -0.1) is 0 Å². The fraction of sp³-hybridized carbons (Fsp3) is 0.125. The largest absolute Gasteiger partial charge is 0.480 e. The van der Waals surface area contributed by atoms with E-state index in [0.29, 0.717) is 11.1 Å². The van der Waals surface area contributed by atoms with E-state index in [0.717, 1.165) is 0 Å². The summed E-state index contributed by atoms with van der Waals surface area (Å²) in [7, 11) is 0. The van der Waals surface area contributed by atoms with Crippen molar-refractivity contribution in [2.24, 2.45) is 0 Å². The molecule has 0 aliphatic carbocycles. The number of carboxylic acid groups (broad SMARTS) is 1. The van der Waals surface area contributed by atoms with Gasteiger partial charge in [0.1, 0.15) is 11.9 Å². The van der Waals surface area contributed by atoms with E-state index in [1.165, 1.54) is 24.3 Å². The van der Waals surface area contributed by atoms with Crippen LogP contribution >= 0.6 is 0 Å². The third-order valence-electron chi connectivity index (χ3n) is 2.99. The van der Waals surface area contributed by atoms with E-state index in [9.17, 15) is 19.1 Å². The number of hydrogen-bond donors (Lipinski definition) is 2. The maximum absolute atomic E-state index is 12.8. The molecule has 21 heavy (non-hydrogen) atoms. The molecule has 0 unspecified atom stereocenters. The molecule has 2 rings (SSSR count). The second kappa shape index (κ2) is 6.65. The molecule has 0 spiro atoms. The second-order valence-electron chi connectivity index (χ2n) is 4.56. The zero-order chi connectivity index (χ0) is 15.2. The van der Waals surface area contributed by atoms with Crippen LogP contribution in [0, 0.1) is 5.82 Å². The normalized spacial score (nSPS) is 11.7. The first-order chi connectivity index (χ1) is 10.1. The van der Waals surface area contributed by atoms with Gasteiger partial charge in [0, 0.05) is 12.0 Å². The number of amides is 1. The van der Waals surface area contributed by atoms with Crippen molar-refractivity contribution in [2.75, 3.05) is 0 Å². The molecule has 2 aromatic carbocycles. The molecule has 2 N–H and O–H groups in total. The van der Waals surface area contributed by atoms with E-state index in [-0.39, 0.29) is 12.2 Å². The molecular weight excluding hydrogens is 273 g/mol. The molecule has 0 bridgehead atoms. The minimum atomic E-state index is -1.14. The Hall–Kier alpha value is -2.69. The van der Waals surface area contributed by atoms with Crippen molar-refractivity contribution in [2.45, 2.75) is 12.5 Å². The van der Waals surface area contributed by atoms with Crippen LogP contribution in [0.1, 0.15) is 15.9 Å². The van der Waals surface area contributed by atoms with Crippen molar-refractivity contribution >= 4 is 11.9 Å². The summed E-state index contributed by atoms with van der Waals surface area (Å²) < 4.78 is 12.8. The third kappa shape index (κ3) is 4.14. The summed E-state index contributed by atoms with van der Waals surface area (Å²) in [6.45, 7) is 0. The SMILES string of the molecule is O=C(N[C@H](Cc1ccc(F)cc1)C(=O)O)c1ccccc1. The smallest absolute Gasteiger partial charge is 0.326 e. The van der Waals surface area contributed by atoms with Gasteiger partial charge in [-0.2, -0.15) is 0 Å². The van der Waals surface area contributed by atoms with E-state index >= 15 is 0 Å². The highest BCUT2D eigenvalue weighted by molar-refractivity contribution is 5.96. The second-order valence-corrected chi connectivity index (χ2v) is 4.56. The molecular formula is C16H14FNO3. The zero-order valence-corrected chi connectivity index (χ0v) is 11.1. The van der Waals surface area contributed by atoms with E-state index in [1.54, 1.807) is 30.3 Å². The molecule has 1 atom stereocenters. The molecule has 0 heterocycles. The van der Waals surface area contributed by atoms with Crippen LogP contribution in [-0.4, -0.2) is 23.0 Å².